The Kier molecular flexibility index (Phi) is 6.03. The fourth-order valence-corrected chi connectivity index (χ4v) is 2.65. The molecular weight excluding hydrogens is 324 g/mol. The molecule has 1 heterocycles. The Morgan fingerprint density at radius 1 is 1.33 bits per heavy atom. The Morgan fingerprint density at radius 3 is 2.67 bits per heavy atom. The topological polar surface area (TPSA) is 69.0 Å². The van der Waals surface area contributed by atoms with E-state index in [4.69, 9.17) is 4.74 Å². The van der Waals surface area contributed by atoms with Crippen LogP contribution in [0.1, 0.15) is 26.6 Å². The molecule has 0 spiro atoms. The standard InChI is InChI=1S/C17H22N4O2S/c1-5-11-24-15-20-19-14(12-18-16(22)23-17(2,3)4)21(15)13-9-7-6-8-10-13/h5-10H,1,11-12H2,2-4H3,(H,18,22). The highest BCUT2D eigenvalue weighted by atomic mass is 32.2. The molecule has 0 aliphatic heterocycles. The van der Waals surface area contributed by atoms with Gasteiger partial charge >= 0.3 is 6.09 Å². The Balaban J connectivity index is 2.19. The number of nitrogens with one attached hydrogen (secondary N) is 1. The van der Waals surface area contributed by atoms with Gasteiger partial charge in [-0.05, 0) is 32.9 Å². The predicted octanol–water partition coefficient (Wildman–Crippen LogP) is 3.57. The maximum atomic E-state index is 11.8. The molecule has 0 unspecified atom stereocenters. The molecular formula is C17H22N4O2S. The second-order valence-corrected chi connectivity index (χ2v) is 7.01. The summed E-state index contributed by atoms with van der Waals surface area (Å²) in [5.41, 5.74) is 0.400. The summed E-state index contributed by atoms with van der Waals surface area (Å²) in [5.74, 6) is 1.36. The molecule has 0 saturated carbocycles. The average molecular weight is 346 g/mol. The van der Waals surface area contributed by atoms with Crippen LogP contribution in [0.25, 0.3) is 5.69 Å². The Hall–Kier alpha value is -2.28. The summed E-state index contributed by atoms with van der Waals surface area (Å²) in [6.07, 6.45) is 1.33. The summed E-state index contributed by atoms with van der Waals surface area (Å²) >= 11 is 1.53. The first-order chi connectivity index (χ1) is 11.4. The second-order valence-electron chi connectivity index (χ2n) is 6.02. The fraction of sp³-hybridized carbons (Fsp3) is 0.353. The molecule has 0 fully saturated rings. The first-order valence-electron chi connectivity index (χ1n) is 7.61. The Labute approximate surface area is 146 Å². The lowest BCUT2D eigenvalue weighted by Crippen LogP contribution is -2.32. The van der Waals surface area contributed by atoms with Crippen LogP contribution in [0.3, 0.4) is 0 Å². The third-order valence-electron chi connectivity index (χ3n) is 2.83. The van der Waals surface area contributed by atoms with Crippen LogP contribution < -0.4 is 5.32 Å². The summed E-state index contributed by atoms with van der Waals surface area (Å²) in [6, 6.07) is 9.78. The van der Waals surface area contributed by atoms with Crippen molar-refractivity contribution in [2.45, 2.75) is 38.1 Å². The lowest BCUT2D eigenvalue weighted by molar-refractivity contribution is 0.0522. The van der Waals surface area contributed by atoms with Crippen molar-refractivity contribution in [2.75, 3.05) is 5.75 Å². The summed E-state index contributed by atoms with van der Waals surface area (Å²) in [6.45, 7) is 9.42. The van der Waals surface area contributed by atoms with Crippen molar-refractivity contribution in [2.24, 2.45) is 0 Å². The fourth-order valence-electron chi connectivity index (χ4n) is 1.94. The molecule has 24 heavy (non-hydrogen) atoms. The molecule has 2 aromatic rings. The molecule has 0 bridgehead atoms. The monoisotopic (exact) mass is 346 g/mol. The van der Waals surface area contributed by atoms with Gasteiger partial charge in [-0.1, -0.05) is 36.0 Å². The van der Waals surface area contributed by atoms with E-state index in [-0.39, 0.29) is 6.54 Å². The summed E-state index contributed by atoms with van der Waals surface area (Å²) in [7, 11) is 0. The van der Waals surface area contributed by atoms with E-state index in [0.717, 1.165) is 16.6 Å². The van der Waals surface area contributed by atoms with Gasteiger partial charge in [0.15, 0.2) is 11.0 Å². The molecule has 1 amide bonds. The van der Waals surface area contributed by atoms with Crippen molar-refractivity contribution in [3.63, 3.8) is 0 Å². The van der Waals surface area contributed by atoms with Gasteiger partial charge < -0.3 is 10.1 Å². The molecule has 128 valence electrons. The molecule has 7 heteroatoms. The van der Waals surface area contributed by atoms with Gasteiger partial charge in [0.1, 0.15) is 5.60 Å². The largest absolute Gasteiger partial charge is 0.444 e. The maximum Gasteiger partial charge on any atom is 0.408 e. The minimum absolute atomic E-state index is 0.228. The number of thioether (sulfide) groups is 1. The number of rotatable bonds is 6. The Morgan fingerprint density at radius 2 is 2.04 bits per heavy atom. The third kappa shape index (κ3) is 5.13. The number of hydrogen-bond donors (Lipinski definition) is 1. The van der Waals surface area contributed by atoms with Crippen molar-refractivity contribution in [1.82, 2.24) is 20.1 Å². The number of aromatic nitrogens is 3. The van der Waals surface area contributed by atoms with Gasteiger partial charge in [0.2, 0.25) is 0 Å². The first kappa shape index (κ1) is 18.1. The highest BCUT2D eigenvalue weighted by Crippen LogP contribution is 2.22. The number of alkyl carbamates (subject to hydrolysis) is 1. The number of amides is 1. The summed E-state index contributed by atoms with van der Waals surface area (Å²) in [4.78, 5) is 11.8. The lowest BCUT2D eigenvalue weighted by atomic mass is 10.2. The maximum absolute atomic E-state index is 11.8. The normalized spacial score (nSPS) is 11.1. The number of carbonyl (C=O) groups excluding carboxylic acids is 1. The van der Waals surface area contributed by atoms with Crippen LogP contribution in [0, 0.1) is 0 Å². The van der Waals surface area contributed by atoms with Crippen LogP contribution in [0.5, 0.6) is 0 Å². The van der Waals surface area contributed by atoms with E-state index >= 15 is 0 Å². The zero-order chi connectivity index (χ0) is 17.6. The number of nitrogens with zero attached hydrogens (tertiary/aromatic N) is 3. The summed E-state index contributed by atoms with van der Waals surface area (Å²) < 4.78 is 7.17. The van der Waals surface area contributed by atoms with Gasteiger partial charge in [-0.15, -0.1) is 16.8 Å². The molecule has 1 aromatic heterocycles. The summed E-state index contributed by atoms with van der Waals surface area (Å²) in [5, 5.41) is 11.9. The van der Waals surface area contributed by atoms with Crippen LogP contribution in [0.4, 0.5) is 4.79 Å². The quantitative estimate of drug-likeness (QED) is 0.640. The van der Waals surface area contributed by atoms with Gasteiger partial charge in [0.25, 0.3) is 0 Å². The number of ether oxygens (including phenoxy) is 1. The van der Waals surface area contributed by atoms with Gasteiger partial charge in [-0.25, -0.2) is 4.79 Å². The molecule has 1 aromatic carbocycles. The van der Waals surface area contributed by atoms with Crippen LogP contribution in [0.15, 0.2) is 48.1 Å². The molecule has 0 aliphatic carbocycles. The molecule has 0 aliphatic rings. The third-order valence-corrected chi connectivity index (χ3v) is 3.76. The predicted molar refractivity (Wildman–Crippen MR) is 95.4 cm³/mol. The number of benzene rings is 1. The van der Waals surface area contributed by atoms with Crippen LogP contribution in [-0.4, -0.2) is 32.2 Å². The van der Waals surface area contributed by atoms with E-state index in [1.807, 2.05) is 61.7 Å². The van der Waals surface area contributed by atoms with Crippen LogP contribution in [-0.2, 0) is 11.3 Å². The van der Waals surface area contributed by atoms with Gasteiger partial charge in [-0.3, -0.25) is 4.57 Å². The number of para-hydroxylation sites is 1. The van der Waals surface area contributed by atoms with Crippen LogP contribution in [0.2, 0.25) is 0 Å². The van der Waals surface area contributed by atoms with Crippen molar-refractivity contribution in [1.29, 1.82) is 0 Å². The second kappa shape index (κ2) is 8.01. The van der Waals surface area contributed by atoms with E-state index in [1.54, 1.807) is 0 Å². The van der Waals surface area contributed by atoms with E-state index in [9.17, 15) is 4.79 Å². The van der Waals surface area contributed by atoms with E-state index in [2.05, 4.69) is 22.1 Å². The van der Waals surface area contributed by atoms with Crippen molar-refractivity contribution < 1.29 is 9.53 Å². The molecule has 0 radical (unpaired) electrons. The first-order valence-corrected chi connectivity index (χ1v) is 8.59. The molecule has 6 nitrogen and oxygen atoms in total. The Bertz CT molecular complexity index is 692. The van der Waals surface area contributed by atoms with Gasteiger partial charge in [-0.2, -0.15) is 0 Å². The minimum atomic E-state index is -0.540. The minimum Gasteiger partial charge on any atom is -0.444 e. The zero-order valence-corrected chi connectivity index (χ0v) is 15.0. The number of carbonyl (C=O) groups is 1. The van der Waals surface area contributed by atoms with Crippen molar-refractivity contribution in [3.8, 4) is 5.69 Å². The van der Waals surface area contributed by atoms with Gasteiger partial charge in [0, 0.05) is 11.4 Å². The number of hydrogen-bond acceptors (Lipinski definition) is 5. The van der Waals surface area contributed by atoms with E-state index < -0.39 is 11.7 Å². The van der Waals surface area contributed by atoms with E-state index in [1.165, 1.54) is 11.8 Å². The SMILES string of the molecule is C=CCSc1nnc(CNC(=O)OC(C)(C)C)n1-c1ccccc1. The van der Waals surface area contributed by atoms with Gasteiger partial charge in [0.05, 0.1) is 6.54 Å². The van der Waals surface area contributed by atoms with Crippen LogP contribution >= 0.6 is 11.8 Å². The molecule has 1 N–H and O–H groups in total. The highest BCUT2D eigenvalue weighted by Gasteiger charge is 2.18. The van der Waals surface area contributed by atoms with Crippen molar-refractivity contribution >= 4 is 17.9 Å². The molecule has 0 saturated heterocycles. The zero-order valence-electron chi connectivity index (χ0n) is 14.2. The smallest absolute Gasteiger partial charge is 0.408 e. The molecule has 2 rings (SSSR count). The van der Waals surface area contributed by atoms with E-state index in [0.29, 0.717) is 5.82 Å². The highest BCUT2D eigenvalue weighted by molar-refractivity contribution is 7.99. The molecule has 0 atom stereocenters. The van der Waals surface area contributed by atoms with Crippen molar-refractivity contribution in [3.05, 3.63) is 48.8 Å². The lowest BCUT2D eigenvalue weighted by Gasteiger charge is -2.19. The average Bonchev–Trinajstić information content (AvgIpc) is 2.93.